The second-order valence-corrected chi connectivity index (χ2v) is 12.7. The molecule has 51 heavy (non-hydrogen) atoms. The highest BCUT2D eigenvalue weighted by Gasteiger charge is 2.23. The van der Waals surface area contributed by atoms with Gasteiger partial charge in [-0.05, 0) is 94.5 Å². The molecule has 0 fully saturated rings. The summed E-state index contributed by atoms with van der Waals surface area (Å²) in [5.41, 5.74) is 3.63. The molecule has 4 rings (SSSR count). The Kier molecular flexibility index (Phi) is 11.9. The van der Waals surface area contributed by atoms with E-state index in [2.05, 4.69) is 0 Å². The summed E-state index contributed by atoms with van der Waals surface area (Å²) in [6.07, 6.45) is -0.112. The maximum atomic E-state index is 12.0. The second kappa shape index (κ2) is 16.1. The Hall–Kier alpha value is -6.04. The molecule has 8 N–H and O–H groups in total. The summed E-state index contributed by atoms with van der Waals surface area (Å²) in [5, 5.41) is 82.2. The lowest BCUT2D eigenvalue weighted by atomic mass is 9.87. The quantitative estimate of drug-likeness (QED) is 0.0705. The van der Waals surface area contributed by atoms with Crippen molar-refractivity contribution in [2.24, 2.45) is 0 Å². The topological polar surface area (TPSA) is 230 Å². The van der Waals surface area contributed by atoms with E-state index in [0.717, 1.165) is 0 Å². The molecule has 268 valence electrons. The molecule has 0 radical (unpaired) electrons. The third-order valence-corrected chi connectivity index (χ3v) is 9.01. The number of aromatic hydroxyl groups is 4. The van der Waals surface area contributed by atoms with E-state index in [0.29, 0.717) is 33.4 Å². The number of aliphatic carboxylic acids is 4. The molecule has 0 aliphatic heterocycles. The fourth-order valence-electron chi connectivity index (χ4n) is 5.89. The Labute approximate surface area is 293 Å². The minimum Gasteiger partial charge on any atom is -0.508 e. The van der Waals surface area contributed by atoms with E-state index in [1.54, 1.807) is 24.3 Å². The van der Waals surface area contributed by atoms with Crippen LogP contribution >= 0.6 is 0 Å². The molecule has 0 amide bonds. The summed E-state index contributed by atoms with van der Waals surface area (Å²) in [4.78, 5) is 46.3. The van der Waals surface area contributed by atoms with Gasteiger partial charge in [-0.15, -0.1) is 0 Å². The van der Waals surface area contributed by atoms with Crippen molar-refractivity contribution in [2.45, 2.75) is 70.6 Å². The molecule has 0 heterocycles. The number of benzene rings is 4. The van der Waals surface area contributed by atoms with Gasteiger partial charge in [-0.3, -0.25) is 19.2 Å². The van der Waals surface area contributed by atoms with Crippen LogP contribution in [0.1, 0.15) is 94.2 Å². The third-order valence-electron chi connectivity index (χ3n) is 9.01. The Bertz CT molecular complexity index is 1840. The van der Waals surface area contributed by atoms with Crippen LogP contribution < -0.4 is 0 Å². The van der Waals surface area contributed by atoms with Gasteiger partial charge in [0.2, 0.25) is 0 Å². The zero-order valence-corrected chi connectivity index (χ0v) is 28.1. The number of carbonyl (C=O) groups is 4. The summed E-state index contributed by atoms with van der Waals surface area (Å²) in [6, 6.07) is 15.3. The highest BCUT2D eigenvalue weighted by atomic mass is 16.4. The molecule has 12 nitrogen and oxygen atoms in total. The van der Waals surface area contributed by atoms with Crippen molar-refractivity contribution in [1.82, 2.24) is 0 Å². The fourth-order valence-corrected chi connectivity index (χ4v) is 5.89. The molecule has 0 aliphatic rings. The number of carboxylic acids is 4. The first-order chi connectivity index (χ1) is 24.0. The first-order valence-electron chi connectivity index (χ1n) is 16.2. The first-order valence-corrected chi connectivity index (χ1v) is 16.2. The Morgan fingerprint density at radius 2 is 0.804 bits per heavy atom. The van der Waals surface area contributed by atoms with Gasteiger partial charge in [0, 0.05) is 32.1 Å². The zero-order valence-electron chi connectivity index (χ0n) is 28.1. The lowest BCUT2D eigenvalue weighted by Crippen LogP contribution is -2.10. The molecule has 4 aromatic carbocycles. The highest BCUT2D eigenvalue weighted by molar-refractivity contribution is 5.77. The van der Waals surface area contributed by atoms with Crippen LogP contribution in [-0.4, -0.2) is 64.7 Å². The zero-order chi connectivity index (χ0) is 37.6. The third kappa shape index (κ3) is 9.56. The van der Waals surface area contributed by atoms with Crippen LogP contribution in [0.5, 0.6) is 23.0 Å². The van der Waals surface area contributed by atoms with Gasteiger partial charge in [-0.1, -0.05) is 48.5 Å². The van der Waals surface area contributed by atoms with Gasteiger partial charge in [0.15, 0.2) is 0 Å². The molecule has 2 atom stereocenters. The maximum Gasteiger partial charge on any atom is 0.310 e. The van der Waals surface area contributed by atoms with Crippen LogP contribution in [0.15, 0.2) is 60.7 Å². The Morgan fingerprint density at radius 1 is 0.490 bits per heavy atom. The van der Waals surface area contributed by atoms with Crippen LogP contribution in [0, 0.1) is 0 Å². The number of aryl methyl sites for hydroxylation is 2. The lowest BCUT2D eigenvalue weighted by Gasteiger charge is -2.19. The van der Waals surface area contributed by atoms with Crippen molar-refractivity contribution >= 4 is 23.9 Å². The van der Waals surface area contributed by atoms with Crippen LogP contribution in [0.2, 0.25) is 0 Å². The molecule has 4 aromatic rings. The van der Waals surface area contributed by atoms with Crippen molar-refractivity contribution in [3.8, 4) is 23.0 Å². The van der Waals surface area contributed by atoms with Gasteiger partial charge in [0.05, 0.1) is 11.8 Å². The molecule has 0 spiro atoms. The van der Waals surface area contributed by atoms with Gasteiger partial charge >= 0.3 is 23.9 Å². The Balaban J connectivity index is 1.81. The van der Waals surface area contributed by atoms with E-state index < -0.39 is 35.7 Å². The van der Waals surface area contributed by atoms with Crippen LogP contribution in [-0.2, 0) is 51.3 Å². The average Bonchev–Trinajstić information content (AvgIpc) is 3.07. The molecule has 0 saturated heterocycles. The molecule has 0 saturated carbocycles. The van der Waals surface area contributed by atoms with Gasteiger partial charge in [0.25, 0.3) is 0 Å². The number of phenolic OH excluding ortho intramolecular Hbond substituents is 4. The minimum atomic E-state index is -1.14. The molecule has 0 aliphatic carbocycles. The first kappa shape index (κ1) is 37.8. The van der Waals surface area contributed by atoms with Crippen molar-refractivity contribution in [3.05, 3.63) is 116 Å². The predicted octanol–water partition coefficient (Wildman–Crippen LogP) is 5.69. The van der Waals surface area contributed by atoms with Crippen molar-refractivity contribution in [2.75, 3.05) is 0 Å². The standard InChI is InChI=1S/C39H40O12/c1-20(38(48)49)24-13-28(17-26-11-22(3-7-32(26)40)5-9-34(42)43)36(46)30(15-24)19-31-16-25(21(2)39(50)51)14-29(37(31)47)18-27-12-23(4-8-33(27)41)6-10-35(44)45/h3-4,7-8,11-16,20-21,40-41,46-47H,5-6,9-10,17-19H2,1-2H3,(H,42,43)(H,44,45)(H,48,49)(H,50,51). The van der Waals surface area contributed by atoms with Gasteiger partial charge < -0.3 is 40.9 Å². The molecular weight excluding hydrogens is 660 g/mol. The van der Waals surface area contributed by atoms with E-state index in [9.17, 15) is 49.8 Å². The highest BCUT2D eigenvalue weighted by Crippen LogP contribution is 2.38. The summed E-state index contributed by atoms with van der Waals surface area (Å²) < 4.78 is 0. The van der Waals surface area contributed by atoms with Crippen molar-refractivity contribution in [3.63, 3.8) is 0 Å². The normalized spacial score (nSPS) is 12.3. The van der Waals surface area contributed by atoms with Crippen LogP contribution in [0.25, 0.3) is 0 Å². The summed E-state index contributed by atoms with van der Waals surface area (Å²) in [6.45, 7) is 2.93. The smallest absolute Gasteiger partial charge is 0.310 e. The predicted molar refractivity (Wildman–Crippen MR) is 185 cm³/mol. The number of carboxylic acid groups (broad SMARTS) is 4. The fraction of sp³-hybridized carbons (Fsp3) is 0.282. The van der Waals surface area contributed by atoms with Crippen molar-refractivity contribution in [1.29, 1.82) is 0 Å². The summed E-state index contributed by atoms with van der Waals surface area (Å²) >= 11 is 0. The summed E-state index contributed by atoms with van der Waals surface area (Å²) in [7, 11) is 0. The van der Waals surface area contributed by atoms with E-state index in [1.807, 2.05) is 0 Å². The molecule has 2 unspecified atom stereocenters. The minimum absolute atomic E-state index is 0.0451. The van der Waals surface area contributed by atoms with Crippen molar-refractivity contribution < 1.29 is 60.0 Å². The summed E-state index contributed by atoms with van der Waals surface area (Å²) in [5.74, 6) is -6.99. The van der Waals surface area contributed by atoms with Crippen LogP contribution in [0.3, 0.4) is 0 Å². The van der Waals surface area contributed by atoms with Gasteiger partial charge in [0.1, 0.15) is 23.0 Å². The molecule has 12 heteroatoms. The second-order valence-electron chi connectivity index (χ2n) is 12.7. The Morgan fingerprint density at radius 3 is 1.10 bits per heavy atom. The number of phenols is 4. The largest absolute Gasteiger partial charge is 0.508 e. The maximum absolute atomic E-state index is 12.0. The molecule has 0 aromatic heterocycles. The molecule has 0 bridgehead atoms. The van der Waals surface area contributed by atoms with E-state index in [-0.39, 0.29) is 90.2 Å². The van der Waals surface area contributed by atoms with E-state index in [1.165, 1.54) is 50.2 Å². The van der Waals surface area contributed by atoms with Gasteiger partial charge in [-0.2, -0.15) is 0 Å². The van der Waals surface area contributed by atoms with E-state index >= 15 is 0 Å². The number of hydrogen-bond donors (Lipinski definition) is 8. The molecular formula is C39H40O12. The number of rotatable bonds is 16. The average molecular weight is 701 g/mol. The SMILES string of the molecule is CC(C(=O)O)c1cc(Cc2cc(CCC(=O)O)ccc2O)c(O)c(Cc2cc(C(C)C(=O)O)cc(Cc3cc(CCC(=O)O)ccc3O)c2O)c1. The number of hydrogen-bond acceptors (Lipinski definition) is 8. The lowest BCUT2D eigenvalue weighted by molar-refractivity contribution is -0.139. The van der Waals surface area contributed by atoms with Gasteiger partial charge in [-0.25, -0.2) is 0 Å². The van der Waals surface area contributed by atoms with Crippen LogP contribution in [0.4, 0.5) is 0 Å². The van der Waals surface area contributed by atoms with E-state index in [4.69, 9.17) is 10.2 Å². The monoisotopic (exact) mass is 700 g/mol.